The lowest BCUT2D eigenvalue weighted by molar-refractivity contribution is 0.223. The number of aryl methyl sites for hydroxylation is 1. The van der Waals surface area contributed by atoms with Crippen molar-refractivity contribution in [3.63, 3.8) is 0 Å². The van der Waals surface area contributed by atoms with Gasteiger partial charge in [-0.05, 0) is 43.2 Å². The van der Waals surface area contributed by atoms with Crippen molar-refractivity contribution in [2.45, 2.75) is 19.4 Å². The van der Waals surface area contributed by atoms with Crippen molar-refractivity contribution >= 4 is 17.3 Å². The Morgan fingerprint density at radius 2 is 1.89 bits per heavy atom. The van der Waals surface area contributed by atoms with E-state index in [-0.39, 0.29) is 6.61 Å². The van der Waals surface area contributed by atoms with Crippen LogP contribution in [0, 0.1) is 6.92 Å². The van der Waals surface area contributed by atoms with Gasteiger partial charge in [0, 0.05) is 10.7 Å². The molecule has 0 aliphatic carbocycles. The smallest absolute Gasteiger partial charge is 0.0830 e. The Bertz CT molecular complexity index is 570. The topological polar surface area (TPSA) is 32.3 Å². The number of aliphatic hydroxyl groups is 1. The van der Waals surface area contributed by atoms with Gasteiger partial charge in [-0.3, -0.25) is 0 Å². The van der Waals surface area contributed by atoms with E-state index in [1.807, 2.05) is 62.4 Å². The van der Waals surface area contributed by atoms with Gasteiger partial charge >= 0.3 is 0 Å². The molecule has 0 spiro atoms. The van der Waals surface area contributed by atoms with Crippen molar-refractivity contribution < 1.29 is 5.11 Å². The van der Waals surface area contributed by atoms with Crippen molar-refractivity contribution in [3.05, 3.63) is 64.7 Å². The molecule has 0 fully saturated rings. The number of hydrogen-bond acceptors (Lipinski definition) is 2. The molecular formula is C16H18ClNO. The maximum absolute atomic E-state index is 9.80. The van der Waals surface area contributed by atoms with Gasteiger partial charge in [0.1, 0.15) is 0 Å². The molecule has 1 unspecified atom stereocenters. The van der Waals surface area contributed by atoms with Crippen LogP contribution in [-0.4, -0.2) is 11.7 Å². The number of halogens is 1. The Kier molecular flexibility index (Phi) is 4.13. The zero-order chi connectivity index (χ0) is 13.9. The highest BCUT2D eigenvalue weighted by atomic mass is 35.5. The minimum atomic E-state index is -0.532. The van der Waals surface area contributed by atoms with Crippen LogP contribution in [0.4, 0.5) is 5.69 Å². The standard InChI is InChI=1S/C16H18ClNO/c1-12-6-3-4-9-15(12)16(2,11-19)18-14-8-5-7-13(17)10-14/h3-10,18-19H,11H2,1-2H3. The first kappa shape index (κ1) is 13.9. The lowest BCUT2D eigenvalue weighted by Gasteiger charge is -2.32. The van der Waals surface area contributed by atoms with E-state index in [4.69, 9.17) is 11.6 Å². The molecule has 1 atom stereocenters. The molecule has 2 aromatic rings. The molecular weight excluding hydrogens is 258 g/mol. The number of aliphatic hydroxyl groups excluding tert-OH is 1. The first-order chi connectivity index (χ1) is 9.05. The van der Waals surface area contributed by atoms with Crippen molar-refractivity contribution in [3.8, 4) is 0 Å². The fraction of sp³-hybridized carbons (Fsp3) is 0.250. The Labute approximate surface area is 119 Å². The van der Waals surface area contributed by atoms with Gasteiger partial charge in [-0.2, -0.15) is 0 Å². The summed E-state index contributed by atoms with van der Waals surface area (Å²) in [7, 11) is 0. The maximum atomic E-state index is 9.80. The Morgan fingerprint density at radius 1 is 1.16 bits per heavy atom. The van der Waals surface area contributed by atoms with Crippen molar-refractivity contribution in [2.75, 3.05) is 11.9 Å². The minimum Gasteiger partial charge on any atom is -0.394 e. The third kappa shape index (κ3) is 3.09. The van der Waals surface area contributed by atoms with Crippen molar-refractivity contribution in [1.29, 1.82) is 0 Å². The summed E-state index contributed by atoms with van der Waals surface area (Å²) in [5.74, 6) is 0. The lowest BCUT2D eigenvalue weighted by atomic mass is 9.89. The summed E-state index contributed by atoms with van der Waals surface area (Å²) >= 11 is 5.99. The van der Waals surface area contributed by atoms with Crippen LogP contribution < -0.4 is 5.32 Å². The molecule has 0 aromatic heterocycles. The predicted octanol–water partition coefficient (Wildman–Crippen LogP) is 3.97. The summed E-state index contributed by atoms with van der Waals surface area (Å²) in [6.07, 6.45) is 0. The second kappa shape index (κ2) is 5.64. The molecule has 0 aliphatic rings. The fourth-order valence-corrected chi connectivity index (χ4v) is 2.46. The zero-order valence-electron chi connectivity index (χ0n) is 11.2. The minimum absolute atomic E-state index is 0.00433. The summed E-state index contributed by atoms with van der Waals surface area (Å²) in [5, 5.41) is 13.8. The van der Waals surface area contributed by atoms with Crippen LogP contribution >= 0.6 is 11.6 Å². The summed E-state index contributed by atoms with van der Waals surface area (Å²) in [6.45, 7) is 4.03. The highest BCUT2D eigenvalue weighted by molar-refractivity contribution is 6.30. The van der Waals surface area contributed by atoms with Crippen LogP contribution in [-0.2, 0) is 5.54 Å². The van der Waals surface area contributed by atoms with Crippen LogP contribution in [0.15, 0.2) is 48.5 Å². The number of hydrogen-bond donors (Lipinski definition) is 2. The van der Waals surface area contributed by atoms with E-state index in [1.54, 1.807) is 0 Å². The third-order valence-electron chi connectivity index (χ3n) is 3.30. The molecule has 0 saturated heterocycles. The lowest BCUT2D eigenvalue weighted by Crippen LogP contribution is -2.36. The predicted molar refractivity (Wildman–Crippen MR) is 80.7 cm³/mol. The first-order valence-electron chi connectivity index (χ1n) is 6.26. The molecule has 2 N–H and O–H groups in total. The molecule has 0 aliphatic heterocycles. The van der Waals surface area contributed by atoms with Crippen LogP contribution in [0.2, 0.25) is 5.02 Å². The third-order valence-corrected chi connectivity index (χ3v) is 3.54. The SMILES string of the molecule is Cc1ccccc1C(C)(CO)Nc1cccc(Cl)c1. The van der Waals surface area contributed by atoms with Gasteiger partial charge in [0.25, 0.3) is 0 Å². The van der Waals surface area contributed by atoms with Gasteiger partial charge in [0.15, 0.2) is 0 Å². The number of nitrogens with one attached hydrogen (secondary N) is 1. The highest BCUT2D eigenvalue weighted by Gasteiger charge is 2.27. The molecule has 0 radical (unpaired) electrons. The quantitative estimate of drug-likeness (QED) is 0.885. The van der Waals surface area contributed by atoms with Crippen molar-refractivity contribution in [1.82, 2.24) is 0 Å². The second-order valence-electron chi connectivity index (χ2n) is 4.94. The van der Waals surface area contributed by atoms with E-state index >= 15 is 0 Å². The zero-order valence-corrected chi connectivity index (χ0v) is 11.9. The van der Waals surface area contributed by atoms with Gasteiger partial charge in [-0.1, -0.05) is 41.9 Å². The van der Waals surface area contributed by atoms with Crippen LogP contribution in [0.1, 0.15) is 18.1 Å². The Balaban J connectivity index is 2.36. The maximum Gasteiger partial charge on any atom is 0.0830 e. The van der Waals surface area contributed by atoms with Crippen LogP contribution in [0.25, 0.3) is 0 Å². The second-order valence-corrected chi connectivity index (χ2v) is 5.38. The largest absolute Gasteiger partial charge is 0.394 e. The molecule has 100 valence electrons. The summed E-state index contributed by atoms with van der Waals surface area (Å²) < 4.78 is 0. The van der Waals surface area contributed by atoms with Crippen LogP contribution in [0.3, 0.4) is 0 Å². The highest BCUT2D eigenvalue weighted by Crippen LogP contribution is 2.29. The van der Waals surface area contributed by atoms with Crippen molar-refractivity contribution in [2.24, 2.45) is 0 Å². The molecule has 0 saturated carbocycles. The van der Waals surface area contributed by atoms with Gasteiger partial charge in [-0.15, -0.1) is 0 Å². The summed E-state index contributed by atoms with van der Waals surface area (Å²) in [6, 6.07) is 15.6. The monoisotopic (exact) mass is 275 g/mol. The molecule has 3 heteroatoms. The normalized spacial score (nSPS) is 13.9. The molecule has 2 nitrogen and oxygen atoms in total. The van der Waals surface area contributed by atoms with E-state index in [9.17, 15) is 5.11 Å². The first-order valence-corrected chi connectivity index (χ1v) is 6.64. The molecule has 2 rings (SSSR count). The summed E-state index contributed by atoms with van der Waals surface area (Å²) in [5.41, 5.74) is 2.59. The Morgan fingerprint density at radius 3 is 2.53 bits per heavy atom. The average molecular weight is 276 g/mol. The van der Waals surface area contributed by atoms with Gasteiger partial charge < -0.3 is 10.4 Å². The number of rotatable bonds is 4. The number of anilines is 1. The van der Waals surface area contributed by atoms with Gasteiger partial charge in [0.2, 0.25) is 0 Å². The van der Waals surface area contributed by atoms with E-state index < -0.39 is 5.54 Å². The molecule has 0 heterocycles. The fourth-order valence-electron chi connectivity index (χ4n) is 2.27. The molecule has 2 aromatic carbocycles. The molecule has 0 amide bonds. The van der Waals surface area contributed by atoms with E-state index in [0.29, 0.717) is 5.02 Å². The van der Waals surface area contributed by atoms with E-state index in [0.717, 1.165) is 16.8 Å². The molecule has 0 bridgehead atoms. The van der Waals surface area contributed by atoms with Gasteiger partial charge in [0.05, 0.1) is 12.1 Å². The Hall–Kier alpha value is -1.51. The molecule has 19 heavy (non-hydrogen) atoms. The van der Waals surface area contributed by atoms with Crippen LogP contribution in [0.5, 0.6) is 0 Å². The van der Waals surface area contributed by atoms with E-state index in [2.05, 4.69) is 5.32 Å². The summed E-state index contributed by atoms with van der Waals surface area (Å²) in [4.78, 5) is 0. The average Bonchev–Trinajstić information content (AvgIpc) is 2.39. The number of benzene rings is 2. The van der Waals surface area contributed by atoms with E-state index in [1.165, 1.54) is 0 Å². The van der Waals surface area contributed by atoms with Gasteiger partial charge in [-0.25, -0.2) is 0 Å².